The molecule has 0 aliphatic carbocycles. The van der Waals surface area contributed by atoms with Crippen molar-refractivity contribution in [3.63, 3.8) is 0 Å². The van der Waals surface area contributed by atoms with E-state index in [1.807, 2.05) is 0 Å². The first-order valence-corrected chi connectivity index (χ1v) is 6.67. The molecule has 0 radical (unpaired) electrons. The zero-order chi connectivity index (χ0) is 14.2. The van der Waals surface area contributed by atoms with Gasteiger partial charge in [-0.25, -0.2) is 4.39 Å². The third kappa shape index (κ3) is 2.87. The molecule has 0 saturated heterocycles. The Labute approximate surface area is 118 Å². The van der Waals surface area contributed by atoms with Crippen molar-refractivity contribution in [1.82, 2.24) is 0 Å². The summed E-state index contributed by atoms with van der Waals surface area (Å²) in [6.07, 6.45) is -4.71. The molecule has 100 valence electrons. The fourth-order valence-corrected chi connectivity index (χ4v) is 2.99. The highest BCUT2D eigenvalue weighted by Crippen LogP contribution is 2.34. The molecule has 0 atom stereocenters. The SMILES string of the molecule is O=C(c1cscc1Br)c1cc(F)ccc1C(F)(F)F. The minimum atomic E-state index is -4.71. The van der Waals surface area contributed by atoms with E-state index < -0.39 is 28.9 Å². The first-order valence-electron chi connectivity index (χ1n) is 4.94. The topological polar surface area (TPSA) is 17.1 Å². The van der Waals surface area contributed by atoms with Crippen molar-refractivity contribution in [2.75, 3.05) is 0 Å². The summed E-state index contributed by atoms with van der Waals surface area (Å²) >= 11 is 4.24. The van der Waals surface area contributed by atoms with E-state index in [-0.39, 0.29) is 5.56 Å². The van der Waals surface area contributed by atoms with Crippen LogP contribution >= 0.6 is 27.3 Å². The number of hydrogen-bond donors (Lipinski definition) is 0. The van der Waals surface area contributed by atoms with E-state index in [4.69, 9.17) is 0 Å². The van der Waals surface area contributed by atoms with Crippen molar-refractivity contribution >= 4 is 33.0 Å². The van der Waals surface area contributed by atoms with Gasteiger partial charge in [-0.05, 0) is 34.1 Å². The molecule has 1 aromatic heterocycles. The van der Waals surface area contributed by atoms with Crippen LogP contribution in [-0.4, -0.2) is 5.78 Å². The van der Waals surface area contributed by atoms with E-state index in [0.29, 0.717) is 22.7 Å². The van der Waals surface area contributed by atoms with E-state index in [2.05, 4.69) is 15.9 Å². The van der Waals surface area contributed by atoms with Gasteiger partial charge in [0, 0.05) is 26.4 Å². The lowest BCUT2D eigenvalue weighted by Gasteiger charge is -2.11. The summed E-state index contributed by atoms with van der Waals surface area (Å²) in [7, 11) is 0. The molecule has 1 nitrogen and oxygen atoms in total. The van der Waals surface area contributed by atoms with E-state index >= 15 is 0 Å². The van der Waals surface area contributed by atoms with E-state index in [1.54, 1.807) is 5.38 Å². The number of alkyl halides is 3. The second-order valence-corrected chi connectivity index (χ2v) is 5.25. The fourth-order valence-electron chi connectivity index (χ4n) is 1.54. The third-order valence-electron chi connectivity index (χ3n) is 2.39. The largest absolute Gasteiger partial charge is 0.417 e. The highest BCUT2D eigenvalue weighted by atomic mass is 79.9. The van der Waals surface area contributed by atoms with Crippen LogP contribution < -0.4 is 0 Å². The van der Waals surface area contributed by atoms with Crippen LogP contribution in [0.25, 0.3) is 0 Å². The Morgan fingerprint density at radius 2 is 1.84 bits per heavy atom. The highest BCUT2D eigenvalue weighted by molar-refractivity contribution is 9.10. The van der Waals surface area contributed by atoms with Gasteiger partial charge >= 0.3 is 6.18 Å². The number of halogens is 5. The summed E-state index contributed by atoms with van der Waals surface area (Å²) in [6, 6.07) is 1.86. The second-order valence-electron chi connectivity index (χ2n) is 3.65. The molecule has 2 rings (SSSR count). The number of benzene rings is 1. The number of hydrogen-bond acceptors (Lipinski definition) is 2. The third-order valence-corrected chi connectivity index (χ3v) is 4.09. The van der Waals surface area contributed by atoms with Crippen LogP contribution in [0.3, 0.4) is 0 Å². The maximum absolute atomic E-state index is 13.1. The summed E-state index contributed by atoms with van der Waals surface area (Å²) < 4.78 is 51.9. The maximum atomic E-state index is 13.1. The smallest absolute Gasteiger partial charge is 0.289 e. The van der Waals surface area contributed by atoms with Crippen molar-refractivity contribution in [3.8, 4) is 0 Å². The predicted octanol–water partition coefficient (Wildman–Crippen LogP) is 4.90. The first kappa shape index (κ1) is 14.2. The van der Waals surface area contributed by atoms with E-state index in [9.17, 15) is 22.4 Å². The maximum Gasteiger partial charge on any atom is 0.417 e. The molecule has 0 saturated carbocycles. The molecule has 0 amide bonds. The molecule has 0 unspecified atom stereocenters. The van der Waals surface area contributed by atoms with Gasteiger partial charge in [0.15, 0.2) is 5.78 Å². The van der Waals surface area contributed by atoms with Crippen LogP contribution in [0, 0.1) is 5.82 Å². The van der Waals surface area contributed by atoms with Crippen molar-refractivity contribution in [2.24, 2.45) is 0 Å². The quantitative estimate of drug-likeness (QED) is 0.555. The molecule has 19 heavy (non-hydrogen) atoms. The van der Waals surface area contributed by atoms with E-state index in [0.717, 1.165) is 11.3 Å². The van der Waals surface area contributed by atoms with Gasteiger partial charge in [0.1, 0.15) is 5.82 Å². The molecule has 0 aliphatic heterocycles. The molecule has 7 heteroatoms. The lowest BCUT2D eigenvalue weighted by molar-refractivity contribution is -0.137. The molecule has 2 aromatic rings. The summed E-state index contributed by atoms with van der Waals surface area (Å²) in [4.78, 5) is 12.1. The van der Waals surface area contributed by atoms with Gasteiger partial charge in [-0.3, -0.25) is 4.79 Å². The molecular formula is C12H5BrF4OS. The van der Waals surface area contributed by atoms with Crippen LogP contribution in [0.2, 0.25) is 0 Å². The second kappa shape index (κ2) is 5.05. The molecule has 0 fully saturated rings. The Morgan fingerprint density at radius 3 is 2.37 bits per heavy atom. The van der Waals surface area contributed by atoms with Crippen molar-refractivity contribution in [2.45, 2.75) is 6.18 Å². The number of ketones is 1. The van der Waals surface area contributed by atoms with E-state index in [1.165, 1.54) is 5.38 Å². The highest BCUT2D eigenvalue weighted by Gasteiger charge is 2.35. The monoisotopic (exact) mass is 352 g/mol. The lowest BCUT2D eigenvalue weighted by Crippen LogP contribution is -2.14. The lowest BCUT2D eigenvalue weighted by atomic mass is 9.99. The molecule has 0 spiro atoms. The Morgan fingerprint density at radius 1 is 1.16 bits per heavy atom. The first-order chi connectivity index (χ1) is 8.80. The van der Waals surface area contributed by atoms with Gasteiger partial charge < -0.3 is 0 Å². The van der Waals surface area contributed by atoms with Crippen LogP contribution in [0.4, 0.5) is 17.6 Å². The van der Waals surface area contributed by atoms with Crippen LogP contribution in [-0.2, 0) is 6.18 Å². The van der Waals surface area contributed by atoms with Gasteiger partial charge in [0.2, 0.25) is 0 Å². The average molecular weight is 353 g/mol. The standard InChI is InChI=1S/C12H5BrF4OS/c13-10-5-19-4-8(10)11(18)7-3-6(14)1-2-9(7)12(15,16)17/h1-5H. The summed E-state index contributed by atoms with van der Waals surface area (Å²) in [5.74, 6) is -1.75. The molecule has 0 bridgehead atoms. The number of carbonyl (C=O) groups is 1. The Balaban J connectivity index is 2.59. The number of rotatable bonds is 2. The minimum Gasteiger partial charge on any atom is -0.289 e. The fraction of sp³-hybridized carbons (Fsp3) is 0.0833. The van der Waals surface area contributed by atoms with Gasteiger partial charge in [-0.2, -0.15) is 24.5 Å². The van der Waals surface area contributed by atoms with Gasteiger partial charge in [0.25, 0.3) is 0 Å². The zero-order valence-electron chi connectivity index (χ0n) is 9.09. The molecular weight excluding hydrogens is 348 g/mol. The normalized spacial score (nSPS) is 11.6. The van der Waals surface area contributed by atoms with Gasteiger partial charge in [0.05, 0.1) is 5.56 Å². The van der Waals surface area contributed by atoms with Crippen molar-refractivity contribution in [1.29, 1.82) is 0 Å². The van der Waals surface area contributed by atoms with Crippen molar-refractivity contribution in [3.05, 3.63) is 55.9 Å². The van der Waals surface area contributed by atoms with Crippen LogP contribution in [0.5, 0.6) is 0 Å². The predicted molar refractivity (Wildman–Crippen MR) is 66.9 cm³/mol. The minimum absolute atomic E-state index is 0.0844. The molecule has 0 N–H and O–H groups in total. The summed E-state index contributed by atoms with van der Waals surface area (Å²) in [5, 5.41) is 2.98. The Hall–Kier alpha value is -1.21. The van der Waals surface area contributed by atoms with Crippen molar-refractivity contribution < 1.29 is 22.4 Å². The Kier molecular flexibility index (Phi) is 3.78. The van der Waals surface area contributed by atoms with Gasteiger partial charge in [-0.15, -0.1) is 0 Å². The number of thiophene rings is 1. The average Bonchev–Trinajstić information content (AvgIpc) is 2.72. The van der Waals surface area contributed by atoms with Gasteiger partial charge in [-0.1, -0.05) is 0 Å². The molecule has 1 heterocycles. The Bertz CT molecular complexity index is 633. The van der Waals surface area contributed by atoms with Crippen LogP contribution in [0.15, 0.2) is 33.4 Å². The zero-order valence-corrected chi connectivity index (χ0v) is 11.5. The molecule has 1 aromatic carbocycles. The van der Waals surface area contributed by atoms with Crippen LogP contribution in [0.1, 0.15) is 21.5 Å². The summed E-state index contributed by atoms with van der Waals surface area (Å²) in [5.41, 5.74) is -1.75. The molecule has 0 aliphatic rings. The summed E-state index contributed by atoms with van der Waals surface area (Å²) in [6.45, 7) is 0. The number of carbonyl (C=O) groups excluding carboxylic acids is 1.